The number of aliphatic carboxylic acids is 1. The lowest BCUT2D eigenvalue weighted by atomic mass is 10.1. The Labute approximate surface area is 143 Å². The van der Waals surface area contributed by atoms with Crippen LogP contribution in [0.4, 0.5) is 4.79 Å². The first-order chi connectivity index (χ1) is 10.9. The van der Waals surface area contributed by atoms with Crippen LogP contribution in [0.25, 0.3) is 0 Å². The van der Waals surface area contributed by atoms with Gasteiger partial charge in [0, 0.05) is 11.0 Å². The van der Waals surface area contributed by atoms with Gasteiger partial charge in [-0.3, -0.25) is 9.59 Å². The lowest BCUT2D eigenvalue weighted by Crippen LogP contribution is -2.50. The van der Waals surface area contributed by atoms with Gasteiger partial charge in [0.25, 0.3) is 0 Å². The normalized spacial score (nSPS) is 11.4. The quantitative estimate of drug-likeness (QED) is 0.545. The van der Waals surface area contributed by atoms with E-state index in [2.05, 4.69) is 31.9 Å². The van der Waals surface area contributed by atoms with E-state index in [1.165, 1.54) is 0 Å². The summed E-state index contributed by atoms with van der Waals surface area (Å²) in [5.74, 6) is -1.64. The Morgan fingerprint density at radius 2 is 1.83 bits per heavy atom. The summed E-state index contributed by atoms with van der Waals surface area (Å²) in [5, 5.41) is 16.1. The average molecular weight is 386 g/mol. The summed E-state index contributed by atoms with van der Waals surface area (Å²) in [6.45, 7) is 1.73. The lowest BCUT2D eigenvalue weighted by Gasteiger charge is -2.17. The first-order valence-electron chi connectivity index (χ1n) is 7.20. The van der Waals surface area contributed by atoms with Crippen molar-refractivity contribution in [2.24, 2.45) is 0 Å². The minimum absolute atomic E-state index is 0.328. The Kier molecular flexibility index (Phi) is 8.10. The van der Waals surface area contributed by atoms with Gasteiger partial charge in [-0.25, -0.2) is 4.79 Å². The molecule has 4 N–H and O–H groups in total. The summed E-state index contributed by atoms with van der Waals surface area (Å²) < 4.78 is 0.948. The summed E-state index contributed by atoms with van der Waals surface area (Å²) >= 11 is 3.33. The first-order valence-corrected chi connectivity index (χ1v) is 8.00. The first kappa shape index (κ1) is 19.0. The molecule has 0 aliphatic rings. The van der Waals surface area contributed by atoms with Gasteiger partial charge in [-0.1, -0.05) is 41.4 Å². The Bertz CT molecular complexity index is 548. The zero-order valence-corrected chi connectivity index (χ0v) is 14.4. The summed E-state index contributed by atoms with van der Waals surface area (Å²) in [5.41, 5.74) is 0.922. The van der Waals surface area contributed by atoms with Crippen molar-refractivity contribution < 1.29 is 19.5 Å². The van der Waals surface area contributed by atoms with E-state index in [1.54, 1.807) is 0 Å². The number of hydrogen-bond acceptors (Lipinski definition) is 3. The number of halogens is 1. The highest BCUT2D eigenvalue weighted by atomic mass is 79.9. The van der Waals surface area contributed by atoms with Crippen LogP contribution in [-0.2, 0) is 16.1 Å². The number of carboxylic acids is 1. The highest BCUT2D eigenvalue weighted by Gasteiger charge is 2.20. The number of carboxylic acid groups (broad SMARTS) is 1. The summed E-state index contributed by atoms with van der Waals surface area (Å²) in [4.78, 5) is 34.2. The van der Waals surface area contributed by atoms with Gasteiger partial charge in [-0.05, 0) is 24.1 Å². The van der Waals surface area contributed by atoms with E-state index >= 15 is 0 Å². The minimum atomic E-state index is -1.13. The maximum atomic E-state index is 11.9. The van der Waals surface area contributed by atoms with Crippen LogP contribution in [0.3, 0.4) is 0 Å². The van der Waals surface area contributed by atoms with Crippen LogP contribution in [0.5, 0.6) is 0 Å². The monoisotopic (exact) mass is 385 g/mol. The molecule has 126 valence electrons. The van der Waals surface area contributed by atoms with Gasteiger partial charge < -0.3 is 21.1 Å². The van der Waals surface area contributed by atoms with E-state index in [-0.39, 0.29) is 0 Å². The van der Waals surface area contributed by atoms with Crippen LogP contribution in [0.15, 0.2) is 28.7 Å². The van der Waals surface area contributed by atoms with Gasteiger partial charge >= 0.3 is 12.0 Å². The van der Waals surface area contributed by atoms with Gasteiger partial charge in [-0.15, -0.1) is 0 Å². The van der Waals surface area contributed by atoms with Crippen LogP contribution in [0.1, 0.15) is 25.3 Å². The van der Waals surface area contributed by atoms with E-state index in [1.807, 2.05) is 31.2 Å². The van der Waals surface area contributed by atoms with E-state index < -0.39 is 30.5 Å². The molecular weight excluding hydrogens is 366 g/mol. The number of carbonyl (C=O) groups excluding carboxylic acids is 2. The number of nitrogens with one attached hydrogen (secondary N) is 3. The highest BCUT2D eigenvalue weighted by Crippen LogP contribution is 2.10. The molecule has 8 heteroatoms. The molecule has 7 nitrogen and oxygen atoms in total. The van der Waals surface area contributed by atoms with Gasteiger partial charge in [-0.2, -0.15) is 0 Å². The summed E-state index contributed by atoms with van der Waals surface area (Å²) in [6.07, 6.45) is 1.11. The third-order valence-electron chi connectivity index (χ3n) is 2.98. The third-order valence-corrected chi connectivity index (χ3v) is 3.51. The number of urea groups is 1. The molecule has 3 amide bonds. The van der Waals surface area contributed by atoms with Crippen LogP contribution in [0.2, 0.25) is 0 Å². The van der Waals surface area contributed by atoms with Crippen molar-refractivity contribution in [3.05, 3.63) is 34.3 Å². The topological polar surface area (TPSA) is 108 Å². The van der Waals surface area contributed by atoms with Gasteiger partial charge in [0.15, 0.2) is 0 Å². The predicted octanol–water partition coefficient (Wildman–Crippen LogP) is 1.62. The molecule has 1 aromatic carbocycles. The fraction of sp³-hybridized carbons (Fsp3) is 0.400. The van der Waals surface area contributed by atoms with Gasteiger partial charge in [0.05, 0.1) is 0 Å². The lowest BCUT2D eigenvalue weighted by molar-refractivity contribution is -0.138. The molecule has 0 aliphatic carbocycles. The maximum Gasteiger partial charge on any atom is 0.322 e. The molecule has 0 bridgehead atoms. The Morgan fingerprint density at radius 3 is 2.39 bits per heavy atom. The predicted molar refractivity (Wildman–Crippen MR) is 88.9 cm³/mol. The Balaban J connectivity index is 2.48. The van der Waals surface area contributed by atoms with Crippen LogP contribution >= 0.6 is 15.9 Å². The molecule has 1 unspecified atom stereocenters. The zero-order chi connectivity index (χ0) is 17.2. The van der Waals surface area contributed by atoms with Crippen molar-refractivity contribution in [2.75, 3.05) is 6.54 Å². The second-order valence-corrected chi connectivity index (χ2v) is 5.82. The Hall–Kier alpha value is -2.09. The molecule has 1 aromatic rings. The van der Waals surface area contributed by atoms with Crippen LogP contribution < -0.4 is 16.0 Å². The van der Waals surface area contributed by atoms with Crippen LogP contribution in [-0.4, -0.2) is 35.6 Å². The number of hydrogen-bond donors (Lipinski definition) is 4. The standard InChI is InChI=1S/C15H20BrN3O4/c1-2-3-12(14(22)17-9-13(20)21)19-15(23)18-8-10-4-6-11(16)7-5-10/h4-7,12H,2-3,8-9H2,1H3,(H,17,22)(H,20,21)(H2,18,19,23). The minimum Gasteiger partial charge on any atom is -0.480 e. The van der Waals surface area contributed by atoms with Crippen molar-refractivity contribution in [1.82, 2.24) is 16.0 Å². The molecule has 0 saturated heterocycles. The van der Waals surface area contributed by atoms with Gasteiger partial charge in [0.1, 0.15) is 12.6 Å². The molecule has 0 heterocycles. The van der Waals surface area contributed by atoms with E-state index in [9.17, 15) is 14.4 Å². The van der Waals surface area contributed by atoms with Crippen molar-refractivity contribution in [1.29, 1.82) is 0 Å². The van der Waals surface area contributed by atoms with Gasteiger partial charge in [0.2, 0.25) is 5.91 Å². The molecule has 0 fully saturated rings. The van der Waals surface area contributed by atoms with E-state index in [0.717, 1.165) is 10.0 Å². The fourth-order valence-corrected chi connectivity index (χ4v) is 2.10. The van der Waals surface area contributed by atoms with Crippen molar-refractivity contribution in [3.63, 3.8) is 0 Å². The summed E-state index contributed by atoms with van der Waals surface area (Å²) in [6, 6.07) is 6.24. The largest absolute Gasteiger partial charge is 0.480 e. The van der Waals surface area contributed by atoms with Crippen molar-refractivity contribution in [3.8, 4) is 0 Å². The summed E-state index contributed by atoms with van der Waals surface area (Å²) in [7, 11) is 0. The van der Waals surface area contributed by atoms with E-state index in [0.29, 0.717) is 19.4 Å². The number of carbonyl (C=O) groups is 3. The van der Waals surface area contributed by atoms with Crippen molar-refractivity contribution >= 4 is 33.8 Å². The highest BCUT2D eigenvalue weighted by molar-refractivity contribution is 9.10. The third kappa shape index (κ3) is 7.64. The molecule has 0 saturated carbocycles. The molecule has 0 radical (unpaired) electrons. The maximum absolute atomic E-state index is 11.9. The SMILES string of the molecule is CCCC(NC(=O)NCc1ccc(Br)cc1)C(=O)NCC(=O)O. The molecule has 1 atom stereocenters. The smallest absolute Gasteiger partial charge is 0.322 e. The molecular formula is C15H20BrN3O4. The Morgan fingerprint density at radius 1 is 1.17 bits per heavy atom. The number of amides is 3. The van der Waals surface area contributed by atoms with E-state index in [4.69, 9.17) is 5.11 Å². The fourth-order valence-electron chi connectivity index (χ4n) is 1.84. The second-order valence-electron chi connectivity index (χ2n) is 4.91. The molecule has 1 rings (SSSR count). The van der Waals surface area contributed by atoms with Crippen LogP contribution in [0, 0.1) is 0 Å². The average Bonchev–Trinajstić information content (AvgIpc) is 2.51. The molecule has 23 heavy (non-hydrogen) atoms. The number of benzene rings is 1. The molecule has 0 aromatic heterocycles. The zero-order valence-electron chi connectivity index (χ0n) is 12.8. The number of rotatable bonds is 8. The molecule has 0 aliphatic heterocycles. The second kappa shape index (κ2) is 9.83. The molecule has 0 spiro atoms. The van der Waals surface area contributed by atoms with Crippen molar-refractivity contribution in [2.45, 2.75) is 32.4 Å².